The lowest BCUT2D eigenvalue weighted by Gasteiger charge is -2.31. The van der Waals surface area contributed by atoms with E-state index in [0.29, 0.717) is 12.3 Å². The summed E-state index contributed by atoms with van der Waals surface area (Å²) in [7, 11) is 0. The largest absolute Gasteiger partial charge is 0.353 e. The average molecular weight is 297 g/mol. The molecule has 0 saturated heterocycles. The molecule has 21 heavy (non-hydrogen) atoms. The number of amides is 4. The molecular weight excluding hydrogens is 270 g/mol. The minimum absolute atomic E-state index is 0.0428. The zero-order valence-corrected chi connectivity index (χ0v) is 13.0. The van der Waals surface area contributed by atoms with Crippen LogP contribution in [0.3, 0.4) is 0 Å². The molecule has 1 aliphatic carbocycles. The van der Waals surface area contributed by atoms with Crippen molar-refractivity contribution >= 4 is 18.3 Å². The van der Waals surface area contributed by atoms with Crippen molar-refractivity contribution < 1.29 is 14.4 Å². The summed E-state index contributed by atoms with van der Waals surface area (Å²) in [5.74, 6) is 0.213. The molecule has 1 rings (SSSR count). The Balaban J connectivity index is 2.38. The van der Waals surface area contributed by atoms with Crippen LogP contribution in [0.5, 0.6) is 0 Å². The van der Waals surface area contributed by atoms with Gasteiger partial charge in [0.2, 0.25) is 12.3 Å². The molecule has 6 nitrogen and oxygen atoms in total. The van der Waals surface area contributed by atoms with Gasteiger partial charge < -0.3 is 10.6 Å². The first-order valence-electron chi connectivity index (χ1n) is 7.86. The molecule has 0 radical (unpaired) electrons. The van der Waals surface area contributed by atoms with Crippen LogP contribution >= 0.6 is 0 Å². The van der Waals surface area contributed by atoms with Gasteiger partial charge in [-0.1, -0.05) is 33.1 Å². The van der Waals surface area contributed by atoms with Crippen molar-refractivity contribution in [2.45, 2.75) is 58.4 Å². The summed E-state index contributed by atoms with van der Waals surface area (Å²) in [6.07, 6.45) is 7.42. The molecular formula is C15H27N3O3. The highest BCUT2D eigenvalue weighted by Crippen LogP contribution is 2.27. The Labute approximate surface area is 126 Å². The number of hydrogen-bond donors (Lipinski definition) is 3. The summed E-state index contributed by atoms with van der Waals surface area (Å²) in [4.78, 5) is 33.4. The summed E-state index contributed by atoms with van der Waals surface area (Å²) in [5.41, 5.74) is 0. The maximum atomic E-state index is 12.2. The molecule has 2 atom stereocenters. The lowest BCUT2D eigenvalue weighted by molar-refractivity contribution is -0.125. The van der Waals surface area contributed by atoms with Gasteiger partial charge in [-0.05, 0) is 25.2 Å². The SMILES string of the molecule is CCC(NC(=O)[C@H](C)CNC(=O)NC=O)C1CCCCC1. The second kappa shape index (κ2) is 9.37. The van der Waals surface area contributed by atoms with Crippen molar-refractivity contribution in [2.24, 2.45) is 11.8 Å². The van der Waals surface area contributed by atoms with Crippen LogP contribution in [0.4, 0.5) is 4.79 Å². The molecule has 6 heteroatoms. The summed E-state index contributed by atoms with van der Waals surface area (Å²) < 4.78 is 0. The zero-order chi connectivity index (χ0) is 15.7. The van der Waals surface area contributed by atoms with E-state index in [2.05, 4.69) is 17.6 Å². The lowest BCUT2D eigenvalue weighted by Crippen LogP contribution is -2.46. The van der Waals surface area contributed by atoms with Crippen LogP contribution in [0, 0.1) is 11.8 Å². The van der Waals surface area contributed by atoms with Gasteiger partial charge in [0, 0.05) is 12.6 Å². The number of rotatable bonds is 7. The molecule has 0 aromatic rings. The number of imide groups is 1. The van der Waals surface area contributed by atoms with E-state index in [1.54, 1.807) is 6.92 Å². The van der Waals surface area contributed by atoms with Crippen molar-refractivity contribution in [3.63, 3.8) is 0 Å². The molecule has 120 valence electrons. The average Bonchev–Trinajstić information content (AvgIpc) is 2.51. The second-order valence-electron chi connectivity index (χ2n) is 5.79. The van der Waals surface area contributed by atoms with Gasteiger partial charge in [-0.2, -0.15) is 0 Å². The quantitative estimate of drug-likeness (QED) is 0.623. The molecule has 1 saturated carbocycles. The predicted octanol–water partition coefficient (Wildman–Crippen LogP) is 1.55. The maximum Gasteiger partial charge on any atom is 0.321 e. The van der Waals surface area contributed by atoms with Crippen LogP contribution in [0.15, 0.2) is 0 Å². The number of carbonyl (C=O) groups is 3. The molecule has 0 spiro atoms. The Morgan fingerprint density at radius 2 is 1.90 bits per heavy atom. The van der Waals surface area contributed by atoms with Crippen molar-refractivity contribution in [1.82, 2.24) is 16.0 Å². The fraction of sp³-hybridized carbons (Fsp3) is 0.800. The van der Waals surface area contributed by atoms with Gasteiger partial charge in [-0.25, -0.2) is 4.79 Å². The number of carbonyl (C=O) groups excluding carboxylic acids is 3. The van der Waals surface area contributed by atoms with Crippen molar-refractivity contribution in [1.29, 1.82) is 0 Å². The third kappa shape index (κ3) is 6.14. The Morgan fingerprint density at radius 3 is 2.48 bits per heavy atom. The van der Waals surface area contributed by atoms with E-state index in [-0.39, 0.29) is 24.4 Å². The summed E-state index contributed by atoms with van der Waals surface area (Å²) in [6, 6.07) is -0.354. The minimum atomic E-state index is -0.580. The first-order valence-corrected chi connectivity index (χ1v) is 7.86. The topological polar surface area (TPSA) is 87.3 Å². The first kappa shape index (κ1) is 17.5. The van der Waals surface area contributed by atoms with Crippen LogP contribution in [0.1, 0.15) is 52.4 Å². The summed E-state index contributed by atoms with van der Waals surface area (Å²) in [5, 5.41) is 7.59. The van der Waals surface area contributed by atoms with Crippen LogP contribution in [-0.2, 0) is 9.59 Å². The normalized spacial score (nSPS) is 18.4. The fourth-order valence-electron chi connectivity index (χ4n) is 2.86. The van der Waals surface area contributed by atoms with Crippen LogP contribution in [0.25, 0.3) is 0 Å². The van der Waals surface area contributed by atoms with Crippen molar-refractivity contribution in [3.05, 3.63) is 0 Å². The van der Waals surface area contributed by atoms with E-state index in [9.17, 15) is 14.4 Å². The Kier molecular flexibility index (Phi) is 7.79. The smallest absolute Gasteiger partial charge is 0.321 e. The van der Waals surface area contributed by atoms with Crippen LogP contribution in [0.2, 0.25) is 0 Å². The standard InChI is InChI=1S/C15H27N3O3/c1-3-13(12-7-5-4-6-8-12)18-14(20)11(2)9-16-15(21)17-10-19/h10-13H,3-9H2,1-2H3,(H,18,20)(H2,16,17,19,21)/t11-,13?/m1/s1. The number of urea groups is 1. The van der Waals surface area contributed by atoms with Crippen molar-refractivity contribution in [2.75, 3.05) is 6.54 Å². The van der Waals surface area contributed by atoms with Crippen LogP contribution < -0.4 is 16.0 Å². The van der Waals surface area contributed by atoms with E-state index < -0.39 is 6.03 Å². The molecule has 1 unspecified atom stereocenters. The van der Waals surface area contributed by atoms with Crippen LogP contribution in [-0.4, -0.2) is 30.9 Å². The summed E-state index contributed by atoms with van der Waals surface area (Å²) >= 11 is 0. The maximum absolute atomic E-state index is 12.2. The lowest BCUT2D eigenvalue weighted by atomic mass is 9.82. The second-order valence-corrected chi connectivity index (χ2v) is 5.79. The number of nitrogens with one attached hydrogen (secondary N) is 3. The molecule has 0 aliphatic heterocycles. The number of hydrogen-bond acceptors (Lipinski definition) is 3. The third-order valence-electron chi connectivity index (χ3n) is 4.19. The molecule has 4 amide bonds. The third-order valence-corrected chi connectivity index (χ3v) is 4.19. The Bertz CT molecular complexity index is 354. The van der Waals surface area contributed by atoms with E-state index in [1.165, 1.54) is 32.1 Å². The highest BCUT2D eigenvalue weighted by atomic mass is 16.2. The van der Waals surface area contributed by atoms with Gasteiger partial charge >= 0.3 is 6.03 Å². The van der Waals surface area contributed by atoms with E-state index in [4.69, 9.17) is 0 Å². The monoisotopic (exact) mass is 297 g/mol. The van der Waals surface area contributed by atoms with Crippen molar-refractivity contribution in [3.8, 4) is 0 Å². The zero-order valence-electron chi connectivity index (χ0n) is 13.0. The summed E-state index contributed by atoms with van der Waals surface area (Å²) in [6.45, 7) is 4.08. The van der Waals surface area contributed by atoms with Gasteiger partial charge in [0.05, 0.1) is 5.92 Å². The van der Waals surface area contributed by atoms with E-state index >= 15 is 0 Å². The molecule has 0 aromatic heterocycles. The highest BCUT2D eigenvalue weighted by molar-refractivity contribution is 5.85. The van der Waals surface area contributed by atoms with Gasteiger partial charge in [0.25, 0.3) is 0 Å². The molecule has 0 heterocycles. The molecule has 1 aliphatic rings. The molecule has 3 N–H and O–H groups in total. The van der Waals surface area contributed by atoms with Gasteiger partial charge in [-0.15, -0.1) is 0 Å². The predicted molar refractivity (Wildman–Crippen MR) is 80.6 cm³/mol. The Hall–Kier alpha value is -1.59. The minimum Gasteiger partial charge on any atom is -0.353 e. The molecule has 1 fully saturated rings. The van der Waals surface area contributed by atoms with E-state index in [1.807, 2.05) is 5.32 Å². The van der Waals surface area contributed by atoms with Gasteiger partial charge in [0.1, 0.15) is 0 Å². The first-order chi connectivity index (χ1) is 10.1. The van der Waals surface area contributed by atoms with Gasteiger partial charge in [-0.3, -0.25) is 14.9 Å². The molecule has 0 bridgehead atoms. The molecule has 0 aromatic carbocycles. The highest BCUT2D eigenvalue weighted by Gasteiger charge is 2.25. The fourth-order valence-corrected chi connectivity index (χ4v) is 2.86. The Morgan fingerprint density at radius 1 is 1.24 bits per heavy atom. The van der Waals surface area contributed by atoms with E-state index in [0.717, 1.165) is 6.42 Å². The van der Waals surface area contributed by atoms with Gasteiger partial charge in [0.15, 0.2) is 0 Å².